The van der Waals surface area contributed by atoms with E-state index in [2.05, 4.69) is 13.0 Å². The van der Waals surface area contributed by atoms with Crippen molar-refractivity contribution in [2.24, 2.45) is 5.92 Å². The Bertz CT molecular complexity index is 1090. The van der Waals surface area contributed by atoms with Crippen LogP contribution < -0.4 is 4.74 Å². The maximum atomic E-state index is 15.3. The maximum absolute atomic E-state index is 15.3. The summed E-state index contributed by atoms with van der Waals surface area (Å²) in [5.41, 5.74) is 1.61. The van der Waals surface area contributed by atoms with Crippen molar-refractivity contribution in [2.45, 2.75) is 77.0 Å². The zero-order chi connectivity index (χ0) is 24.1. The Morgan fingerprint density at radius 2 is 1.53 bits per heavy atom. The molecular weight excluding hydrogens is 433 g/mol. The summed E-state index contributed by atoms with van der Waals surface area (Å²) in [7, 11) is 1.20. The lowest BCUT2D eigenvalue weighted by molar-refractivity contribution is 0.302. The fourth-order valence-corrected chi connectivity index (χ4v) is 5.52. The molecule has 0 unspecified atom stereocenters. The summed E-state index contributed by atoms with van der Waals surface area (Å²) in [4.78, 5) is 0. The number of benzene rings is 3. The van der Waals surface area contributed by atoms with Crippen molar-refractivity contribution < 1.29 is 17.9 Å². The van der Waals surface area contributed by atoms with Crippen LogP contribution >= 0.6 is 0 Å². The minimum atomic E-state index is -0.844. The van der Waals surface area contributed by atoms with Gasteiger partial charge in [0.15, 0.2) is 17.4 Å². The quantitative estimate of drug-likeness (QED) is 0.284. The molecular formula is C30H35F3O. The van der Waals surface area contributed by atoms with E-state index in [0.29, 0.717) is 11.3 Å². The molecule has 182 valence electrons. The van der Waals surface area contributed by atoms with E-state index in [-0.39, 0.29) is 11.1 Å². The predicted octanol–water partition coefficient (Wildman–Crippen LogP) is 9.57. The summed E-state index contributed by atoms with van der Waals surface area (Å²) in [6, 6.07) is 11.6. The first-order chi connectivity index (χ1) is 16.5. The average Bonchev–Trinajstić information content (AvgIpc) is 2.84. The Morgan fingerprint density at radius 1 is 0.824 bits per heavy atom. The highest BCUT2D eigenvalue weighted by Gasteiger charge is 2.23. The minimum Gasteiger partial charge on any atom is -0.491 e. The van der Waals surface area contributed by atoms with E-state index >= 15 is 4.39 Å². The van der Waals surface area contributed by atoms with Crippen LogP contribution in [0.15, 0.2) is 42.5 Å². The number of halogens is 3. The van der Waals surface area contributed by atoms with Gasteiger partial charge in [-0.1, -0.05) is 75.8 Å². The fraction of sp³-hybridized carbons (Fsp3) is 0.467. The lowest BCUT2D eigenvalue weighted by Crippen LogP contribution is -2.13. The van der Waals surface area contributed by atoms with Gasteiger partial charge in [0.05, 0.1) is 7.11 Å². The van der Waals surface area contributed by atoms with Crippen molar-refractivity contribution in [1.29, 1.82) is 0 Å². The number of methoxy groups -OCH3 is 1. The molecule has 0 atom stereocenters. The normalized spacial score (nSPS) is 18.4. The van der Waals surface area contributed by atoms with Crippen molar-refractivity contribution in [2.75, 3.05) is 7.11 Å². The van der Waals surface area contributed by atoms with Gasteiger partial charge in [0, 0.05) is 10.9 Å². The fourth-order valence-electron chi connectivity index (χ4n) is 5.52. The van der Waals surface area contributed by atoms with Gasteiger partial charge in [0.25, 0.3) is 0 Å². The third-order valence-corrected chi connectivity index (χ3v) is 7.53. The Hall–Kier alpha value is -2.49. The molecule has 4 rings (SSSR count). The molecule has 0 aromatic heterocycles. The van der Waals surface area contributed by atoms with Crippen molar-refractivity contribution in [3.8, 4) is 16.9 Å². The van der Waals surface area contributed by atoms with Gasteiger partial charge in [0.1, 0.15) is 5.82 Å². The molecule has 1 nitrogen and oxygen atoms in total. The average molecular weight is 469 g/mol. The second kappa shape index (κ2) is 11.3. The van der Waals surface area contributed by atoms with E-state index < -0.39 is 23.2 Å². The van der Waals surface area contributed by atoms with Gasteiger partial charge < -0.3 is 4.74 Å². The molecule has 3 aromatic carbocycles. The highest BCUT2D eigenvalue weighted by Crippen LogP contribution is 2.40. The molecule has 0 radical (unpaired) electrons. The van der Waals surface area contributed by atoms with E-state index in [4.69, 9.17) is 4.74 Å². The molecule has 0 spiro atoms. The standard InChI is InChI=1S/C30H35F3O/c1-3-4-5-6-7-8-20-9-11-21(12-10-20)22-13-15-25-23(17-22)14-16-26(29(25)33)24-18-27(31)30(34-2)28(32)19-24/h13-21H,3-12H2,1-2H3/t20-,21-. The van der Waals surface area contributed by atoms with Crippen LogP contribution in [0.1, 0.15) is 82.6 Å². The number of hydrogen-bond acceptors (Lipinski definition) is 1. The van der Waals surface area contributed by atoms with Crippen LogP contribution in [0.4, 0.5) is 13.2 Å². The number of fused-ring (bicyclic) bond motifs is 1. The lowest BCUT2D eigenvalue weighted by atomic mass is 9.76. The Balaban J connectivity index is 1.46. The Kier molecular flexibility index (Phi) is 8.18. The molecule has 1 fully saturated rings. The molecule has 1 saturated carbocycles. The van der Waals surface area contributed by atoms with E-state index in [1.54, 1.807) is 6.07 Å². The molecule has 0 aliphatic heterocycles. The second-order valence-corrected chi connectivity index (χ2v) is 9.80. The number of ether oxygens (including phenoxy) is 1. The molecule has 34 heavy (non-hydrogen) atoms. The van der Waals surface area contributed by atoms with Gasteiger partial charge in [-0.05, 0) is 66.2 Å². The molecule has 1 aliphatic carbocycles. The summed E-state index contributed by atoms with van der Waals surface area (Å²) in [6.45, 7) is 2.25. The highest BCUT2D eigenvalue weighted by molar-refractivity contribution is 5.89. The monoisotopic (exact) mass is 468 g/mol. The van der Waals surface area contributed by atoms with Crippen molar-refractivity contribution in [3.05, 3.63) is 65.5 Å². The SMILES string of the molecule is CCCCCCC[C@H]1CC[C@H](c2ccc3c(F)c(-c4cc(F)c(OC)c(F)c4)ccc3c2)CC1. The van der Waals surface area contributed by atoms with E-state index in [9.17, 15) is 8.78 Å². The summed E-state index contributed by atoms with van der Waals surface area (Å²) in [5, 5.41) is 1.30. The number of hydrogen-bond donors (Lipinski definition) is 0. The first kappa shape index (κ1) is 24.6. The van der Waals surface area contributed by atoms with Crippen LogP contribution in [-0.2, 0) is 0 Å². The smallest absolute Gasteiger partial charge is 0.190 e. The van der Waals surface area contributed by atoms with Crippen LogP contribution in [0.5, 0.6) is 5.75 Å². The first-order valence-electron chi connectivity index (χ1n) is 12.8. The highest BCUT2D eigenvalue weighted by atomic mass is 19.1. The Labute approximate surface area is 201 Å². The van der Waals surface area contributed by atoms with Gasteiger partial charge in [-0.2, -0.15) is 0 Å². The van der Waals surface area contributed by atoms with Crippen LogP contribution in [0.25, 0.3) is 21.9 Å². The van der Waals surface area contributed by atoms with Gasteiger partial charge in [0.2, 0.25) is 0 Å². The van der Waals surface area contributed by atoms with E-state index in [1.165, 1.54) is 76.9 Å². The molecule has 0 bridgehead atoms. The first-order valence-corrected chi connectivity index (χ1v) is 12.8. The van der Waals surface area contributed by atoms with Crippen LogP contribution in [0, 0.1) is 23.4 Å². The van der Waals surface area contributed by atoms with Gasteiger partial charge in [-0.15, -0.1) is 0 Å². The summed E-state index contributed by atoms with van der Waals surface area (Å²) >= 11 is 0. The summed E-state index contributed by atoms with van der Waals surface area (Å²) in [6.07, 6.45) is 13.0. The van der Waals surface area contributed by atoms with Crippen molar-refractivity contribution >= 4 is 10.8 Å². The second-order valence-electron chi connectivity index (χ2n) is 9.80. The minimum absolute atomic E-state index is 0.160. The Morgan fingerprint density at radius 3 is 2.21 bits per heavy atom. The van der Waals surface area contributed by atoms with E-state index in [0.717, 1.165) is 23.4 Å². The van der Waals surface area contributed by atoms with Crippen LogP contribution in [0.2, 0.25) is 0 Å². The van der Waals surface area contributed by atoms with Crippen LogP contribution in [0.3, 0.4) is 0 Å². The van der Waals surface area contributed by atoms with Crippen LogP contribution in [-0.4, -0.2) is 7.11 Å². The van der Waals surface area contributed by atoms with Gasteiger partial charge in [-0.3, -0.25) is 0 Å². The molecule has 4 heteroatoms. The third kappa shape index (κ3) is 5.42. The molecule has 0 heterocycles. The maximum Gasteiger partial charge on any atom is 0.190 e. The van der Waals surface area contributed by atoms with Gasteiger partial charge in [-0.25, -0.2) is 13.2 Å². The summed E-state index contributed by atoms with van der Waals surface area (Å²) in [5.74, 6) is -1.23. The van der Waals surface area contributed by atoms with Gasteiger partial charge >= 0.3 is 0 Å². The van der Waals surface area contributed by atoms with Crippen molar-refractivity contribution in [3.63, 3.8) is 0 Å². The molecule has 0 N–H and O–H groups in total. The summed E-state index contributed by atoms with van der Waals surface area (Å²) < 4.78 is 48.4. The molecule has 3 aromatic rings. The topological polar surface area (TPSA) is 9.23 Å². The van der Waals surface area contributed by atoms with Crippen molar-refractivity contribution in [1.82, 2.24) is 0 Å². The zero-order valence-electron chi connectivity index (χ0n) is 20.3. The third-order valence-electron chi connectivity index (χ3n) is 7.53. The molecule has 0 saturated heterocycles. The van der Waals surface area contributed by atoms with E-state index in [1.807, 2.05) is 18.2 Å². The number of rotatable bonds is 9. The molecule has 1 aliphatic rings. The molecule has 0 amide bonds. The predicted molar refractivity (Wildman–Crippen MR) is 134 cm³/mol. The zero-order valence-corrected chi connectivity index (χ0v) is 20.3. The number of unbranched alkanes of at least 4 members (excludes halogenated alkanes) is 4. The largest absolute Gasteiger partial charge is 0.491 e. The lowest BCUT2D eigenvalue weighted by Gasteiger charge is -2.29.